The van der Waals surface area contributed by atoms with Crippen molar-refractivity contribution in [2.24, 2.45) is 0 Å². The van der Waals surface area contributed by atoms with Crippen LogP contribution in [0.5, 0.6) is 0 Å². The molecule has 0 saturated carbocycles. The molecule has 13 nitrogen and oxygen atoms in total. The van der Waals surface area contributed by atoms with Crippen molar-refractivity contribution in [1.29, 1.82) is 0 Å². The van der Waals surface area contributed by atoms with Gasteiger partial charge >= 0.3 is 6.18 Å². The molecule has 0 aliphatic carbocycles. The molecule has 19 heteroatoms. The summed E-state index contributed by atoms with van der Waals surface area (Å²) in [7, 11) is 0. The Morgan fingerprint density at radius 1 is 0.333 bits per heavy atom. The molecule has 0 radical (unpaired) electrons. The van der Waals surface area contributed by atoms with Crippen LogP contribution in [-0.2, 0) is 69.4 Å². The van der Waals surface area contributed by atoms with E-state index in [1.54, 1.807) is 42.9 Å². The van der Waals surface area contributed by atoms with Gasteiger partial charge in [0.25, 0.3) is 0 Å². The smallest absolute Gasteiger partial charge is 0.429 e. The van der Waals surface area contributed by atoms with Gasteiger partial charge in [-0.3, -0.25) is 19.1 Å². The predicted molar refractivity (Wildman–Crippen MR) is 432 cm³/mol. The van der Waals surface area contributed by atoms with Crippen molar-refractivity contribution in [1.82, 2.24) is 64.9 Å². The second-order valence-corrected chi connectivity index (χ2v) is 25.4. The minimum Gasteiger partial charge on any atom is -0.619 e. The van der Waals surface area contributed by atoms with Gasteiger partial charge in [0.05, 0.1) is 5.69 Å². The van der Waals surface area contributed by atoms with Crippen molar-refractivity contribution in [3.05, 3.63) is 411 Å². The van der Waals surface area contributed by atoms with E-state index in [0.717, 1.165) is 62.2 Å². The summed E-state index contributed by atoms with van der Waals surface area (Å²) in [4.78, 5) is 3.27. The molecule has 0 atom stereocenters. The fraction of sp³-hybridized carbons (Fsp3) is 0.0632. The van der Waals surface area contributed by atoms with Gasteiger partial charge in [-0.25, -0.2) is 11.4 Å². The normalized spacial score (nSPS) is 10.4. The summed E-state index contributed by atoms with van der Waals surface area (Å²) in [6.07, 6.45) is 4.54. The van der Waals surface area contributed by atoms with Crippen molar-refractivity contribution in [3.63, 3.8) is 0 Å². The first-order valence-corrected chi connectivity index (χ1v) is 35.6. The van der Waals surface area contributed by atoms with Crippen molar-refractivity contribution in [2.75, 3.05) is 0 Å². The van der Waals surface area contributed by atoms with Crippen LogP contribution in [0.2, 0.25) is 0 Å². The van der Waals surface area contributed by atoms with Crippen LogP contribution in [0, 0.1) is 71.0 Å². The Morgan fingerprint density at radius 2 is 0.763 bits per heavy atom. The van der Waals surface area contributed by atoms with Crippen LogP contribution < -0.4 is 15.3 Å². The summed E-state index contributed by atoms with van der Waals surface area (Å²) in [6.45, 7) is 10.4. The molecular weight excluding hydrogens is 1970 g/mol. The van der Waals surface area contributed by atoms with Crippen LogP contribution in [0.4, 0.5) is 13.2 Å². The maximum absolute atomic E-state index is 12.1. The van der Waals surface area contributed by atoms with Crippen LogP contribution in [0.1, 0.15) is 34.0 Å². The van der Waals surface area contributed by atoms with E-state index in [4.69, 9.17) is 0 Å². The van der Waals surface area contributed by atoms with Crippen LogP contribution >= 0.6 is 0 Å². The van der Waals surface area contributed by atoms with Gasteiger partial charge in [0.1, 0.15) is 5.82 Å². The van der Waals surface area contributed by atoms with E-state index < -0.39 is 12.0 Å². The monoisotopic (exact) mass is 2040 g/mol. The SMILES string of the molecule is Cc1cc(-c2[c-]cccc2)[n-]n1.Cc1cc(-c2ccccc2)cc(C)c1-c1cc[c-]c(-n2cccn2)c1.Cc1cc(C)n(-c2[c-]ccc(-c3ccc(-c4ccccc4)cc3)c2)n1.FC(F)(F)c1n[n-]c(-c2[c-]cccc2)n1.[Pt].[Pt].[Pt].[c-]1ccc(-c2ccc(-c3ccccc3)cc2)cc1-n1cccn1.[c-]1ccccc1-c1ccn[n-]1. The van der Waals surface area contributed by atoms with E-state index in [9.17, 15) is 13.2 Å². The Labute approximate surface area is 705 Å². The summed E-state index contributed by atoms with van der Waals surface area (Å²) in [5.74, 6) is -1.29. The maximum atomic E-state index is 12.1. The number of hydrogen-bond acceptors (Lipinski definition) is 7. The number of aromatic nitrogens is 13. The molecule has 0 fully saturated rings. The number of benzene rings is 12. The third-order valence-corrected chi connectivity index (χ3v) is 17.4. The number of nitrogens with zero attached hydrogens (tertiary/aromatic N) is 13. The molecule has 6 heterocycles. The van der Waals surface area contributed by atoms with Gasteiger partial charge in [0.15, 0.2) is 0 Å². The molecule has 0 unspecified atom stereocenters. The number of aryl methyl sites for hydroxylation is 5. The zero-order chi connectivity index (χ0) is 76.7. The average Bonchev–Trinajstić information content (AvgIpc) is 0.906. The van der Waals surface area contributed by atoms with E-state index in [-0.39, 0.29) is 69.0 Å². The zero-order valence-corrected chi connectivity index (χ0v) is 69.0. The molecule has 18 rings (SSSR count). The van der Waals surface area contributed by atoms with E-state index in [2.05, 4.69) is 290 Å². The zero-order valence-electron chi connectivity index (χ0n) is 62.2. The average molecular weight is 2040 g/mol. The van der Waals surface area contributed by atoms with Gasteiger partial charge in [-0.1, -0.05) is 158 Å². The second-order valence-electron chi connectivity index (χ2n) is 25.4. The van der Waals surface area contributed by atoms with Gasteiger partial charge in [0, 0.05) is 99.4 Å². The molecule has 18 aromatic rings. The van der Waals surface area contributed by atoms with Crippen LogP contribution in [0.25, 0.3) is 118 Å². The number of alkyl halides is 3. The molecule has 0 N–H and O–H groups in total. The molecule has 0 spiro atoms. The molecule has 12 aromatic carbocycles. The number of hydrogen-bond donors (Lipinski definition) is 0. The summed E-state index contributed by atoms with van der Waals surface area (Å²) in [6, 6.07) is 122. The Kier molecular flexibility index (Phi) is 30.5. The first-order chi connectivity index (χ1) is 54.2. The fourth-order valence-electron chi connectivity index (χ4n) is 12.2. The largest absolute Gasteiger partial charge is 0.619 e. The first-order valence-electron chi connectivity index (χ1n) is 35.6. The molecule has 114 heavy (non-hydrogen) atoms. The Morgan fingerprint density at radius 3 is 1.18 bits per heavy atom. The maximum Gasteiger partial charge on any atom is 0.429 e. The van der Waals surface area contributed by atoms with Gasteiger partial charge in [-0.05, 0) is 137 Å². The summed E-state index contributed by atoms with van der Waals surface area (Å²) in [5.41, 5.74) is 27.3. The second kappa shape index (κ2) is 41.3. The van der Waals surface area contributed by atoms with Crippen molar-refractivity contribution in [3.8, 4) is 118 Å². The quantitative estimate of drug-likeness (QED) is 0.108. The number of rotatable bonds is 12. The third kappa shape index (κ3) is 22.7. The van der Waals surface area contributed by atoms with E-state index in [1.807, 2.05) is 143 Å². The molecule has 6 aromatic heterocycles. The molecule has 0 amide bonds. The van der Waals surface area contributed by atoms with Crippen LogP contribution in [0.15, 0.2) is 340 Å². The standard InChI is InChI=1S/2C23H19N2.C21H15N2.C10H8N2.C9H4F3N3.C9H6N2.3Pt/c1-17-14-21(19-8-4-3-5-9-19)15-18(2)23(17)20-10-6-11-22(16-20)25-13-7-12-24-25;1-17-15-18(2)25(24-17)23-10-6-9-22(16-23)21-13-11-20(12-14-21)19-7-4-3-5-8-19;1-2-6-17(7-3-1)18-10-12-19(13-11-18)20-8-4-9-21(16-20)23-15-5-14-22-23;1-8-7-10(12-11-8)9-5-3-2-4-6-9;10-9(11,12)8-13-7(14-15-8)6-4-2-1-3-5-6;1-2-4-8(5-3-1)9-6-7-10-11-9;;;/h3-10,12-16H,1-2H3;3-9,11-16H,1-2H3;1-8,10-16H;2-5,7H,1H3;1-4H;1-4,6-7H;;;/q3*-1;3*-2;;;. The Balaban J connectivity index is 0.000000148. The molecule has 0 aliphatic rings. The summed E-state index contributed by atoms with van der Waals surface area (Å²) < 4.78 is 42.0. The van der Waals surface area contributed by atoms with Gasteiger partial charge in [-0.15, -0.1) is 138 Å². The minimum absolute atomic E-state index is 0. The topological polar surface area (TPSA) is 147 Å². The molecule has 576 valence electrons. The first kappa shape index (κ1) is 84.1. The molecular formula is C95H71F3N13Pt3-9. The number of halogens is 3. The van der Waals surface area contributed by atoms with Crippen molar-refractivity contribution in [2.45, 2.75) is 40.8 Å². The van der Waals surface area contributed by atoms with E-state index in [0.29, 0.717) is 5.56 Å². The van der Waals surface area contributed by atoms with E-state index in [1.165, 1.54) is 72.3 Å². The van der Waals surface area contributed by atoms with Crippen LogP contribution in [-0.4, -0.2) is 49.6 Å². The third-order valence-electron chi connectivity index (χ3n) is 17.4. The Hall–Kier alpha value is -12.3. The van der Waals surface area contributed by atoms with Crippen molar-refractivity contribution >= 4 is 0 Å². The summed E-state index contributed by atoms with van der Waals surface area (Å²) >= 11 is 0. The molecule has 0 bridgehead atoms. The van der Waals surface area contributed by atoms with Gasteiger partial charge < -0.3 is 30.5 Å². The molecule has 0 saturated heterocycles. The minimum atomic E-state index is -4.56. The predicted octanol–water partition coefficient (Wildman–Crippen LogP) is 21.5. The van der Waals surface area contributed by atoms with Crippen molar-refractivity contribution < 1.29 is 76.4 Å². The molecule has 0 aliphatic heterocycles. The van der Waals surface area contributed by atoms with Gasteiger partial charge in [0.2, 0.25) is 0 Å². The fourth-order valence-corrected chi connectivity index (χ4v) is 12.2. The van der Waals surface area contributed by atoms with Crippen LogP contribution in [0.3, 0.4) is 0 Å². The van der Waals surface area contributed by atoms with E-state index >= 15 is 0 Å². The Bertz CT molecular complexity index is 5830. The van der Waals surface area contributed by atoms with Gasteiger partial charge in [-0.2, -0.15) is 99.8 Å². The summed E-state index contributed by atoms with van der Waals surface area (Å²) in [5, 5.41) is 35.0.